The van der Waals surface area contributed by atoms with Crippen LogP contribution in [0.5, 0.6) is 0 Å². The number of nitrogens with one attached hydrogen (secondary N) is 1. The van der Waals surface area contributed by atoms with E-state index in [0.717, 1.165) is 51.0 Å². The molecule has 0 aliphatic carbocycles. The number of anilines is 1. The number of hydrogen-bond donors (Lipinski definition) is 1. The number of aryl methyl sites for hydroxylation is 1. The fourth-order valence-corrected chi connectivity index (χ4v) is 3.58. The van der Waals surface area contributed by atoms with E-state index in [1.54, 1.807) is 13.8 Å². The summed E-state index contributed by atoms with van der Waals surface area (Å²) in [4.78, 5) is 9.49. The summed E-state index contributed by atoms with van der Waals surface area (Å²) in [6.45, 7) is 6.89. The Morgan fingerprint density at radius 1 is 1.18 bits per heavy atom. The Balaban J connectivity index is 1.95. The van der Waals surface area contributed by atoms with Gasteiger partial charge in [-0.05, 0) is 39.7 Å². The van der Waals surface area contributed by atoms with Crippen LogP contribution in [0.15, 0.2) is 0 Å². The van der Waals surface area contributed by atoms with E-state index < -0.39 is 12.0 Å². The van der Waals surface area contributed by atoms with Crippen LogP contribution in [0.4, 0.5) is 19.0 Å². The van der Waals surface area contributed by atoms with Crippen molar-refractivity contribution < 1.29 is 13.2 Å². The van der Waals surface area contributed by atoms with Gasteiger partial charge in [-0.2, -0.15) is 13.2 Å². The first kappa shape index (κ1) is 15.5. The molecule has 2 saturated heterocycles. The lowest BCUT2D eigenvalue weighted by Gasteiger charge is -2.41. The summed E-state index contributed by atoms with van der Waals surface area (Å²) in [7, 11) is 0. The van der Waals surface area contributed by atoms with Gasteiger partial charge in [-0.1, -0.05) is 0 Å². The van der Waals surface area contributed by atoms with Crippen LogP contribution in [0.3, 0.4) is 0 Å². The summed E-state index contributed by atoms with van der Waals surface area (Å²) in [5.74, 6) is -0.583. The van der Waals surface area contributed by atoms with Crippen LogP contribution >= 0.6 is 0 Å². The minimum Gasteiger partial charge on any atom is -0.356 e. The normalized spacial score (nSPS) is 26.0. The van der Waals surface area contributed by atoms with Crippen LogP contribution < -0.4 is 10.2 Å². The second-order valence-corrected chi connectivity index (χ2v) is 6.53. The van der Waals surface area contributed by atoms with E-state index in [4.69, 9.17) is 0 Å². The smallest absolute Gasteiger partial charge is 0.356 e. The van der Waals surface area contributed by atoms with Gasteiger partial charge in [-0.15, -0.1) is 0 Å². The second kappa shape index (κ2) is 5.37. The molecular weight excluding hydrogens is 293 g/mol. The monoisotopic (exact) mass is 314 g/mol. The highest BCUT2D eigenvalue weighted by molar-refractivity contribution is 5.49. The van der Waals surface area contributed by atoms with E-state index in [1.807, 2.05) is 4.90 Å². The van der Waals surface area contributed by atoms with Crippen LogP contribution in [0.2, 0.25) is 0 Å². The van der Waals surface area contributed by atoms with Crippen molar-refractivity contribution in [2.75, 3.05) is 31.1 Å². The summed E-state index contributed by atoms with van der Waals surface area (Å²) >= 11 is 0. The van der Waals surface area contributed by atoms with E-state index in [-0.39, 0.29) is 5.41 Å². The Kier molecular flexibility index (Phi) is 3.79. The average Bonchev–Trinajstić information content (AvgIpc) is 2.88. The highest BCUT2D eigenvalue weighted by atomic mass is 19.4. The number of rotatable bonds is 1. The number of nitrogens with zero attached hydrogens (tertiary/aromatic N) is 3. The van der Waals surface area contributed by atoms with Gasteiger partial charge < -0.3 is 10.2 Å². The van der Waals surface area contributed by atoms with Gasteiger partial charge in [0, 0.05) is 36.3 Å². The van der Waals surface area contributed by atoms with Crippen molar-refractivity contribution in [1.29, 1.82) is 0 Å². The Bertz CT molecular complexity index is 565. The minimum absolute atomic E-state index is 0.182. The molecule has 7 heteroatoms. The van der Waals surface area contributed by atoms with E-state index in [1.165, 1.54) is 0 Å². The molecule has 2 fully saturated rings. The molecule has 1 aromatic heterocycles. The fraction of sp³-hybridized carbons (Fsp3) is 0.733. The molecule has 3 rings (SSSR count). The maximum Gasteiger partial charge on any atom is 0.451 e. The third kappa shape index (κ3) is 2.78. The van der Waals surface area contributed by atoms with Gasteiger partial charge in [0.1, 0.15) is 5.82 Å². The summed E-state index contributed by atoms with van der Waals surface area (Å²) < 4.78 is 39.0. The standard InChI is InChI=1S/C15H21F3N4/c1-10-11(2)20-13(15(16,17)18)21-12(10)22-7-3-4-14(9-22)5-6-19-8-14/h19H,3-9H2,1-2H3/t14-/m0/s1. The first-order valence-electron chi connectivity index (χ1n) is 7.69. The molecule has 0 bridgehead atoms. The molecule has 2 aliphatic rings. The Labute approximate surface area is 128 Å². The zero-order chi connectivity index (χ0) is 16.0. The zero-order valence-corrected chi connectivity index (χ0v) is 12.9. The molecular formula is C15H21F3N4. The Hall–Kier alpha value is -1.37. The van der Waals surface area contributed by atoms with Gasteiger partial charge in [0.15, 0.2) is 0 Å². The molecule has 0 radical (unpaired) electrons. The molecule has 0 amide bonds. The SMILES string of the molecule is Cc1nc(C(F)(F)F)nc(N2CCC[C@@]3(CCNC3)C2)c1C. The Morgan fingerprint density at radius 3 is 2.59 bits per heavy atom. The quantitative estimate of drug-likeness (QED) is 0.865. The Morgan fingerprint density at radius 2 is 1.95 bits per heavy atom. The average molecular weight is 314 g/mol. The van der Waals surface area contributed by atoms with E-state index >= 15 is 0 Å². The molecule has 22 heavy (non-hydrogen) atoms. The highest BCUT2D eigenvalue weighted by Crippen LogP contribution is 2.38. The van der Waals surface area contributed by atoms with Crippen molar-refractivity contribution in [2.45, 2.75) is 39.3 Å². The van der Waals surface area contributed by atoms with Crippen LogP contribution in [0.25, 0.3) is 0 Å². The number of piperidine rings is 1. The van der Waals surface area contributed by atoms with Gasteiger partial charge in [0.25, 0.3) is 0 Å². The molecule has 2 aliphatic heterocycles. The lowest BCUT2D eigenvalue weighted by Crippen LogP contribution is -2.45. The number of aromatic nitrogens is 2. The van der Waals surface area contributed by atoms with Crippen molar-refractivity contribution in [2.24, 2.45) is 5.41 Å². The zero-order valence-electron chi connectivity index (χ0n) is 12.9. The van der Waals surface area contributed by atoms with Crippen molar-refractivity contribution >= 4 is 5.82 Å². The summed E-state index contributed by atoms with van der Waals surface area (Å²) in [6, 6.07) is 0. The van der Waals surface area contributed by atoms with Crippen LogP contribution in [0.1, 0.15) is 36.3 Å². The largest absolute Gasteiger partial charge is 0.451 e. The number of halogens is 3. The van der Waals surface area contributed by atoms with Gasteiger partial charge >= 0.3 is 6.18 Å². The molecule has 1 atom stereocenters. The van der Waals surface area contributed by atoms with Crippen molar-refractivity contribution in [1.82, 2.24) is 15.3 Å². The van der Waals surface area contributed by atoms with Crippen LogP contribution in [0, 0.1) is 19.3 Å². The molecule has 0 unspecified atom stereocenters. The number of alkyl halides is 3. The van der Waals surface area contributed by atoms with Crippen molar-refractivity contribution in [3.8, 4) is 0 Å². The molecule has 1 spiro atoms. The second-order valence-electron chi connectivity index (χ2n) is 6.53. The number of hydrogen-bond acceptors (Lipinski definition) is 4. The molecule has 0 saturated carbocycles. The predicted octanol–water partition coefficient (Wildman–Crippen LogP) is 2.69. The molecule has 1 N–H and O–H groups in total. The summed E-state index contributed by atoms with van der Waals surface area (Å²) in [5.41, 5.74) is 1.33. The first-order chi connectivity index (χ1) is 10.3. The third-order valence-electron chi connectivity index (χ3n) is 4.91. The minimum atomic E-state index is -4.50. The van der Waals surface area contributed by atoms with Crippen LogP contribution in [-0.4, -0.2) is 36.1 Å². The maximum atomic E-state index is 13.0. The van der Waals surface area contributed by atoms with E-state index in [9.17, 15) is 13.2 Å². The van der Waals surface area contributed by atoms with Gasteiger partial charge in [-0.3, -0.25) is 0 Å². The predicted molar refractivity (Wildman–Crippen MR) is 77.9 cm³/mol. The van der Waals surface area contributed by atoms with Gasteiger partial charge in [0.05, 0.1) is 0 Å². The third-order valence-corrected chi connectivity index (χ3v) is 4.91. The molecule has 4 nitrogen and oxygen atoms in total. The van der Waals surface area contributed by atoms with E-state index in [2.05, 4.69) is 15.3 Å². The summed E-state index contributed by atoms with van der Waals surface area (Å²) in [6.07, 6.45) is -1.30. The lowest BCUT2D eigenvalue weighted by atomic mass is 9.79. The first-order valence-corrected chi connectivity index (χ1v) is 7.69. The lowest BCUT2D eigenvalue weighted by molar-refractivity contribution is -0.145. The van der Waals surface area contributed by atoms with Crippen molar-refractivity contribution in [3.63, 3.8) is 0 Å². The van der Waals surface area contributed by atoms with Gasteiger partial charge in [0.2, 0.25) is 5.82 Å². The maximum absolute atomic E-state index is 13.0. The van der Waals surface area contributed by atoms with Crippen LogP contribution in [-0.2, 0) is 6.18 Å². The fourth-order valence-electron chi connectivity index (χ4n) is 3.58. The van der Waals surface area contributed by atoms with Gasteiger partial charge in [-0.25, -0.2) is 9.97 Å². The van der Waals surface area contributed by atoms with Crippen molar-refractivity contribution in [3.05, 3.63) is 17.1 Å². The topological polar surface area (TPSA) is 41.1 Å². The summed E-state index contributed by atoms with van der Waals surface area (Å²) in [5, 5.41) is 3.38. The molecule has 0 aromatic carbocycles. The molecule has 3 heterocycles. The molecule has 122 valence electrons. The molecule has 1 aromatic rings. The highest BCUT2D eigenvalue weighted by Gasteiger charge is 2.40. The van der Waals surface area contributed by atoms with E-state index in [0.29, 0.717) is 11.5 Å².